The first kappa shape index (κ1) is 11.6. The van der Waals surface area contributed by atoms with E-state index in [9.17, 15) is 5.11 Å². The first-order valence-corrected chi connectivity index (χ1v) is 5.73. The lowest BCUT2D eigenvalue weighted by molar-refractivity contribution is -0.0511. The molecule has 0 bridgehead atoms. The molecule has 2 unspecified atom stereocenters. The Morgan fingerprint density at radius 3 is 2.81 bits per heavy atom. The van der Waals surface area contributed by atoms with Gasteiger partial charge in [0.1, 0.15) is 5.82 Å². The highest BCUT2D eigenvalue weighted by Crippen LogP contribution is 2.42. The molecule has 0 radical (unpaired) electrons. The maximum absolute atomic E-state index is 9.65. The summed E-state index contributed by atoms with van der Waals surface area (Å²) in [6.45, 7) is 6.01. The molecule has 0 spiro atoms. The molecule has 2 N–H and O–H groups in total. The minimum Gasteiger partial charge on any atom is -0.392 e. The fourth-order valence-corrected chi connectivity index (χ4v) is 2.01. The second-order valence-corrected chi connectivity index (χ2v) is 5.28. The average Bonchev–Trinajstić information content (AvgIpc) is 2.23. The van der Waals surface area contributed by atoms with Crippen LogP contribution in [0.4, 0.5) is 5.82 Å². The van der Waals surface area contributed by atoms with Crippen molar-refractivity contribution in [1.29, 1.82) is 0 Å². The number of hydrogen-bond acceptors (Lipinski definition) is 4. The summed E-state index contributed by atoms with van der Waals surface area (Å²) in [4.78, 5) is 8.05. The largest absolute Gasteiger partial charge is 0.392 e. The number of aryl methyl sites for hydroxylation is 1. The highest BCUT2D eigenvalue weighted by Gasteiger charge is 2.47. The van der Waals surface area contributed by atoms with Crippen LogP contribution in [0.1, 0.15) is 25.8 Å². The van der Waals surface area contributed by atoms with Crippen LogP contribution in [0.2, 0.25) is 5.28 Å². The molecule has 4 nitrogen and oxygen atoms in total. The van der Waals surface area contributed by atoms with Gasteiger partial charge >= 0.3 is 0 Å². The zero-order valence-corrected chi connectivity index (χ0v) is 10.4. The van der Waals surface area contributed by atoms with Crippen LogP contribution < -0.4 is 5.32 Å². The van der Waals surface area contributed by atoms with E-state index in [4.69, 9.17) is 11.6 Å². The molecule has 5 heteroatoms. The van der Waals surface area contributed by atoms with Gasteiger partial charge in [0.2, 0.25) is 5.28 Å². The number of aliphatic hydroxyl groups is 1. The Morgan fingerprint density at radius 2 is 2.25 bits per heavy atom. The molecular weight excluding hydrogens is 226 g/mol. The van der Waals surface area contributed by atoms with Crippen LogP contribution in [0.25, 0.3) is 0 Å². The molecule has 1 aromatic rings. The van der Waals surface area contributed by atoms with Gasteiger partial charge in [-0.2, -0.15) is 0 Å². The van der Waals surface area contributed by atoms with Crippen molar-refractivity contribution in [2.24, 2.45) is 5.41 Å². The molecular formula is C11H16ClN3O. The van der Waals surface area contributed by atoms with Gasteiger partial charge in [-0.3, -0.25) is 0 Å². The monoisotopic (exact) mass is 241 g/mol. The molecule has 2 atom stereocenters. The van der Waals surface area contributed by atoms with E-state index in [1.54, 1.807) is 6.20 Å². The Labute approximate surface area is 100 Å². The topological polar surface area (TPSA) is 58.0 Å². The van der Waals surface area contributed by atoms with Crippen LogP contribution in [0.3, 0.4) is 0 Å². The summed E-state index contributed by atoms with van der Waals surface area (Å²) < 4.78 is 0. The SMILES string of the molecule is Cc1cnc(Cl)nc1NC1CC(O)C1(C)C. The molecule has 1 saturated carbocycles. The number of aliphatic hydroxyl groups excluding tert-OH is 1. The van der Waals surface area contributed by atoms with Crippen molar-refractivity contribution in [2.45, 2.75) is 39.3 Å². The number of nitrogens with zero attached hydrogens (tertiary/aromatic N) is 2. The summed E-state index contributed by atoms with van der Waals surface area (Å²) in [6, 6.07) is 0.229. The summed E-state index contributed by atoms with van der Waals surface area (Å²) in [5.74, 6) is 0.755. The van der Waals surface area contributed by atoms with E-state index in [1.165, 1.54) is 0 Å². The zero-order chi connectivity index (χ0) is 11.9. The van der Waals surface area contributed by atoms with E-state index in [0.29, 0.717) is 0 Å². The van der Waals surface area contributed by atoms with Crippen LogP contribution in [0, 0.1) is 12.3 Å². The van der Waals surface area contributed by atoms with Gasteiger partial charge in [0.15, 0.2) is 0 Å². The summed E-state index contributed by atoms with van der Waals surface area (Å²) in [5, 5.41) is 13.2. The van der Waals surface area contributed by atoms with E-state index in [2.05, 4.69) is 15.3 Å². The minimum atomic E-state index is -0.248. The zero-order valence-electron chi connectivity index (χ0n) is 9.66. The molecule has 1 heterocycles. The minimum absolute atomic E-state index is 0.121. The van der Waals surface area contributed by atoms with Gasteiger partial charge in [0.25, 0.3) is 0 Å². The Bertz CT molecular complexity index is 408. The molecule has 1 aromatic heterocycles. The van der Waals surface area contributed by atoms with Gasteiger partial charge < -0.3 is 10.4 Å². The molecule has 16 heavy (non-hydrogen) atoms. The molecule has 1 fully saturated rings. The van der Waals surface area contributed by atoms with Crippen LogP contribution in [0.15, 0.2) is 6.20 Å². The maximum Gasteiger partial charge on any atom is 0.224 e. The van der Waals surface area contributed by atoms with Crippen molar-refractivity contribution in [3.8, 4) is 0 Å². The predicted octanol–water partition coefficient (Wildman–Crippen LogP) is 2.01. The number of rotatable bonds is 2. The van der Waals surface area contributed by atoms with Crippen molar-refractivity contribution in [1.82, 2.24) is 9.97 Å². The predicted molar refractivity (Wildman–Crippen MR) is 63.6 cm³/mol. The van der Waals surface area contributed by atoms with E-state index < -0.39 is 0 Å². The van der Waals surface area contributed by atoms with Gasteiger partial charge in [-0.25, -0.2) is 9.97 Å². The summed E-state index contributed by atoms with van der Waals surface area (Å²) in [5.41, 5.74) is 0.839. The lowest BCUT2D eigenvalue weighted by Crippen LogP contribution is -2.57. The standard InChI is InChI=1S/C11H16ClN3O/c1-6-5-13-10(12)15-9(6)14-7-4-8(16)11(7,2)3/h5,7-8,16H,4H2,1-3H3,(H,13,14,15). The summed E-state index contributed by atoms with van der Waals surface area (Å²) >= 11 is 5.75. The third-order valence-electron chi connectivity index (χ3n) is 3.47. The van der Waals surface area contributed by atoms with Crippen LogP contribution in [-0.2, 0) is 0 Å². The van der Waals surface area contributed by atoms with Crippen molar-refractivity contribution in [2.75, 3.05) is 5.32 Å². The molecule has 1 aliphatic rings. The summed E-state index contributed by atoms with van der Waals surface area (Å²) in [7, 11) is 0. The molecule has 0 saturated heterocycles. The second-order valence-electron chi connectivity index (χ2n) is 4.94. The van der Waals surface area contributed by atoms with Crippen molar-refractivity contribution in [3.05, 3.63) is 17.0 Å². The Balaban J connectivity index is 2.13. The highest BCUT2D eigenvalue weighted by atomic mass is 35.5. The van der Waals surface area contributed by atoms with Gasteiger partial charge in [-0.1, -0.05) is 13.8 Å². The number of hydrogen-bond donors (Lipinski definition) is 2. The quantitative estimate of drug-likeness (QED) is 0.778. The summed E-state index contributed by atoms with van der Waals surface area (Å²) in [6.07, 6.45) is 2.19. The Kier molecular flexibility index (Phi) is 2.80. The number of aromatic nitrogens is 2. The average molecular weight is 242 g/mol. The lowest BCUT2D eigenvalue weighted by Gasteiger charge is -2.49. The third-order valence-corrected chi connectivity index (χ3v) is 3.65. The van der Waals surface area contributed by atoms with E-state index >= 15 is 0 Å². The number of anilines is 1. The molecule has 0 aliphatic heterocycles. The van der Waals surface area contributed by atoms with Crippen molar-refractivity contribution >= 4 is 17.4 Å². The smallest absolute Gasteiger partial charge is 0.224 e. The molecule has 1 aliphatic carbocycles. The van der Waals surface area contributed by atoms with Gasteiger partial charge in [0, 0.05) is 23.2 Å². The Morgan fingerprint density at radius 1 is 1.56 bits per heavy atom. The van der Waals surface area contributed by atoms with Gasteiger partial charge in [0.05, 0.1) is 6.10 Å². The van der Waals surface area contributed by atoms with Crippen LogP contribution in [0.5, 0.6) is 0 Å². The van der Waals surface area contributed by atoms with Crippen molar-refractivity contribution in [3.63, 3.8) is 0 Å². The number of halogens is 1. The van der Waals surface area contributed by atoms with Gasteiger partial charge in [-0.15, -0.1) is 0 Å². The molecule has 0 amide bonds. The first-order chi connectivity index (χ1) is 7.41. The molecule has 88 valence electrons. The fourth-order valence-electron chi connectivity index (χ4n) is 1.88. The van der Waals surface area contributed by atoms with E-state index in [-0.39, 0.29) is 22.8 Å². The van der Waals surface area contributed by atoms with Gasteiger partial charge in [-0.05, 0) is 24.9 Å². The highest BCUT2D eigenvalue weighted by molar-refractivity contribution is 6.28. The lowest BCUT2D eigenvalue weighted by atomic mass is 9.64. The van der Waals surface area contributed by atoms with Crippen LogP contribution >= 0.6 is 11.6 Å². The van der Waals surface area contributed by atoms with E-state index in [1.807, 2.05) is 20.8 Å². The van der Waals surface area contributed by atoms with Crippen molar-refractivity contribution < 1.29 is 5.11 Å². The third kappa shape index (κ3) is 1.87. The fraction of sp³-hybridized carbons (Fsp3) is 0.636. The first-order valence-electron chi connectivity index (χ1n) is 5.35. The normalized spacial score (nSPS) is 27.3. The molecule has 2 rings (SSSR count). The molecule has 0 aromatic carbocycles. The maximum atomic E-state index is 9.65. The Hall–Kier alpha value is -0.870. The van der Waals surface area contributed by atoms with E-state index in [0.717, 1.165) is 17.8 Å². The second kappa shape index (κ2) is 3.86. The number of nitrogens with one attached hydrogen (secondary N) is 1. The van der Waals surface area contributed by atoms with Crippen LogP contribution in [-0.4, -0.2) is 27.2 Å².